The maximum atomic E-state index is 11.5. The predicted octanol–water partition coefficient (Wildman–Crippen LogP) is 3.15. The molecule has 0 amide bonds. The second-order valence-corrected chi connectivity index (χ2v) is 6.23. The highest BCUT2D eigenvalue weighted by atomic mass is 79.9. The van der Waals surface area contributed by atoms with Crippen LogP contribution in [0.1, 0.15) is 27.7 Å². The van der Waals surface area contributed by atoms with E-state index in [1.54, 1.807) is 0 Å². The number of alkyl halides is 2. The highest BCUT2D eigenvalue weighted by molar-refractivity contribution is 9.12. The summed E-state index contributed by atoms with van der Waals surface area (Å²) >= 11 is 6.81. The number of Topliss-reactive ketones (excluding diaryl/α,β-unsaturated/α-hetero) is 1. The topological polar surface area (TPSA) is 17.1 Å². The van der Waals surface area contributed by atoms with E-state index in [1.165, 1.54) is 0 Å². The first-order chi connectivity index (χ1) is 4.80. The van der Waals surface area contributed by atoms with Gasteiger partial charge in [0.2, 0.25) is 0 Å². The van der Waals surface area contributed by atoms with Crippen LogP contribution in [-0.2, 0) is 4.79 Å². The molecule has 0 aliphatic carbocycles. The SMILES string of the molecule is CC(C)C(=O)[C@](C)(Br)[C@@H](C)Br. The molecule has 0 N–H and O–H groups in total. The average Bonchev–Trinajstić information content (AvgIpc) is 1.85. The summed E-state index contributed by atoms with van der Waals surface area (Å²) in [6.07, 6.45) is 0. The van der Waals surface area contributed by atoms with Crippen molar-refractivity contribution in [2.75, 3.05) is 0 Å². The zero-order chi connectivity index (χ0) is 9.23. The molecule has 0 radical (unpaired) electrons. The summed E-state index contributed by atoms with van der Waals surface area (Å²) in [5.41, 5.74) is 0. The van der Waals surface area contributed by atoms with Crippen LogP contribution in [-0.4, -0.2) is 14.9 Å². The second-order valence-electron chi connectivity index (χ2n) is 3.21. The molecule has 2 atom stereocenters. The number of carbonyl (C=O) groups excluding carboxylic acids is 1. The average molecular weight is 286 g/mol. The zero-order valence-electron chi connectivity index (χ0n) is 7.32. The van der Waals surface area contributed by atoms with E-state index in [9.17, 15) is 4.79 Å². The minimum atomic E-state index is -0.429. The van der Waals surface area contributed by atoms with Crippen LogP contribution < -0.4 is 0 Å². The van der Waals surface area contributed by atoms with Gasteiger partial charge in [-0.2, -0.15) is 0 Å². The van der Waals surface area contributed by atoms with E-state index in [1.807, 2.05) is 27.7 Å². The van der Waals surface area contributed by atoms with Gasteiger partial charge in [-0.3, -0.25) is 4.79 Å². The van der Waals surface area contributed by atoms with Crippen molar-refractivity contribution in [2.45, 2.75) is 36.8 Å². The first-order valence-corrected chi connectivity index (χ1v) is 5.38. The van der Waals surface area contributed by atoms with Gasteiger partial charge in [-0.05, 0) is 6.92 Å². The van der Waals surface area contributed by atoms with E-state index < -0.39 is 4.32 Å². The fourth-order valence-corrected chi connectivity index (χ4v) is 1.44. The lowest BCUT2D eigenvalue weighted by molar-refractivity contribution is -0.123. The number of carbonyl (C=O) groups is 1. The van der Waals surface area contributed by atoms with Crippen LogP contribution in [0, 0.1) is 5.92 Å². The quantitative estimate of drug-likeness (QED) is 0.728. The minimum Gasteiger partial charge on any atom is -0.298 e. The molecule has 0 rings (SSSR count). The summed E-state index contributed by atoms with van der Waals surface area (Å²) < 4.78 is -0.429. The smallest absolute Gasteiger partial charge is 0.152 e. The lowest BCUT2D eigenvalue weighted by Gasteiger charge is -2.25. The van der Waals surface area contributed by atoms with Crippen molar-refractivity contribution >= 4 is 37.6 Å². The standard InChI is InChI=1S/C8H14Br2O/c1-5(2)7(11)8(4,10)6(3)9/h5-6H,1-4H3/t6-,8-/m1/s1. The molecule has 0 aliphatic rings. The summed E-state index contributed by atoms with van der Waals surface area (Å²) in [5, 5.41) is 0. The lowest BCUT2D eigenvalue weighted by Crippen LogP contribution is -2.38. The first kappa shape index (κ1) is 11.6. The third-order valence-corrected chi connectivity index (χ3v) is 4.36. The van der Waals surface area contributed by atoms with Crippen LogP contribution in [0.2, 0.25) is 0 Å². The van der Waals surface area contributed by atoms with Gasteiger partial charge in [0.15, 0.2) is 5.78 Å². The molecule has 0 bridgehead atoms. The Hall–Kier alpha value is 0.630. The van der Waals surface area contributed by atoms with Gasteiger partial charge >= 0.3 is 0 Å². The van der Waals surface area contributed by atoms with Crippen molar-refractivity contribution in [3.63, 3.8) is 0 Å². The van der Waals surface area contributed by atoms with Gasteiger partial charge in [0.1, 0.15) is 0 Å². The molecular formula is C8H14Br2O. The van der Waals surface area contributed by atoms with Gasteiger partial charge in [-0.25, -0.2) is 0 Å². The Kier molecular flexibility index (Phi) is 4.27. The van der Waals surface area contributed by atoms with Gasteiger partial charge in [-0.1, -0.05) is 52.6 Å². The van der Waals surface area contributed by atoms with E-state index in [4.69, 9.17) is 0 Å². The number of hydrogen-bond acceptors (Lipinski definition) is 1. The van der Waals surface area contributed by atoms with E-state index >= 15 is 0 Å². The van der Waals surface area contributed by atoms with Crippen LogP contribution in [0.15, 0.2) is 0 Å². The maximum Gasteiger partial charge on any atom is 0.152 e. The van der Waals surface area contributed by atoms with Crippen molar-refractivity contribution in [1.29, 1.82) is 0 Å². The summed E-state index contributed by atoms with van der Waals surface area (Å²) in [6, 6.07) is 0. The molecule has 0 unspecified atom stereocenters. The van der Waals surface area contributed by atoms with Crippen LogP contribution in [0.4, 0.5) is 0 Å². The molecular weight excluding hydrogens is 272 g/mol. The molecule has 0 aromatic rings. The summed E-state index contributed by atoms with van der Waals surface area (Å²) in [5.74, 6) is 0.321. The Morgan fingerprint density at radius 1 is 1.36 bits per heavy atom. The third kappa shape index (κ3) is 2.86. The maximum absolute atomic E-state index is 11.5. The summed E-state index contributed by atoms with van der Waals surface area (Å²) in [4.78, 5) is 11.7. The summed E-state index contributed by atoms with van der Waals surface area (Å²) in [7, 11) is 0. The van der Waals surface area contributed by atoms with Crippen LogP contribution >= 0.6 is 31.9 Å². The molecule has 0 spiro atoms. The van der Waals surface area contributed by atoms with Crippen molar-refractivity contribution in [3.8, 4) is 0 Å². The Bertz CT molecular complexity index is 150. The monoisotopic (exact) mass is 284 g/mol. The molecule has 11 heavy (non-hydrogen) atoms. The van der Waals surface area contributed by atoms with Gasteiger partial charge in [0, 0.05) is 10.7 Å². The largest absolute Gasteiger partial charge is 0.298 e. The molecule has 0 saturated carbocycles. The predicted molar refractivity (Wildman–Crippen MR) is 55.6 cm³/mol. The van der Waals surface area contributed by atoms with E-state index in [0.29, 0.717) is 0 Å². The van der Waals surface area contributed by atoms with E-state index in [2.05, 4.69) is 31.9 Å². The van der Waals surface area contributed by atoms with Crippen LogP contribution in [0.3, 0.4) is 0 Å². The Morgan fingerprint density at radius 2 is 1.73 bits per heavy atom. The van der Waals surface area contributed by atoms with Crippen LogP contribution in [0.25, 0.3) is 0 Å². The van der Waals surface area contributed by atoms with E-state index in [-0.39, 0.29) is 16.5 Å². The Balaban J connectivity index is 4.43. The molecule has 1 nitrogen and oxygen atoms in total. The fraction of sp³-hybridized carbons (Fsp3) is 0.875. The summed E-state index contributed by atoms with van der Waals surface area (Å²) in [6.45, 7) is 7.69. The van der Waals surface area contributed by atoms with Crippen molar-refractivity contribution < 1.29 is 4.79 Å². The molecule has 66 valence electrons. The van der Waals surface area contributed by atoms with Gasteiger partial charge in [0.05, 0.1) is 4.32 Å². The fourth-order valence-electron chi connectivity index (χ4n) is 0.760. The van der Waals surface area contributed by atoms with Gasteiger partial charge in [-0.15, -0.1) is 0 Å². The van der Waals surface area contributed by atoms with Crippen molar-refractivity contribution in [2.24, 2.45) is 5.92 Å². The third-order valence-electron chi connectivity index (χ3n) is 1.75. The number of ketones is 1. The minimum absolute atomic E-state index is 0.0828. The van der Waals surface area contributed by atoms with Crippen LogP contribution in [0.5, 0.6) is 0 Å². The lowest BCUT2D eigenvalue weighted by atomic mass is 9.95. The number of halogens is 2. The molecule has 3 heteroatoms. The van der Waals surface area contributed by atoms with Gasteiger partial charge in [0.25, 0.3) is 0 Å². The molecule has 0 aromatic heterocycles. The Morgan fingerprint density at radius 3 is 1.82 bits per heavy atom. The highest BCUT2D eigenvalue weighted by Gasteiger charge is 2.35. The molecule has 0 aromatic carbocycles. The molecule has 0 aliphatic heterocycles. The normalized spacial score (nSPS) is 19.5. The number of rotatable bonds is 3. The molecule has 0 fully saturated rings. The second kappa shape index (κ2) is 4.04. The molecule has 0 heterocycles. The number of hydrogen-bond donors (Lipinski definition) is 0. The van der Waals surface area contributed by atoms with Crippen molar-refractivity contribution in [3.05, 3.63) is 0 Å². The molecule has 0 saturated heterocycles. The van der Waals surface area contributed by atoms with Gasteiger partial charge < -0.3 is 0 Å². The Labute approximate surface area is 85.2 Å². The first-order valence-electron chi connectivity index (χ1n) is 3.67. The van der Waals surface area contributed by atoms with Crippen molar-refractivity contribution in [1.82, 2.24) is 0 Å². The van der Waals surface area contributed by atoms with E-state index in [0.717, 1.165) is 0 Å². The highest BCUT2D eigenvalue weighted by Crippen LogP contribution is 2.30. The zero-order valence-corrected chi connectivity index (χ0v) is 10.5.